The summed E-state index contributed by atoms with van der Waals surface area (Å²) in [6.07, 6.45) is 3.85. The summed E-state index contributed by atoms with van der Waals surface area (Å²) in [4.78, 5) is 2.99. The first-order valence-corrected chi connectivity index (χ1v) is 6.73. The molecule has 90 valence electrons. The molecule has 1 aliphatic rings. The molecule has 4 nitrogen and oxygen atoms in total. The van der Waals surface area contributed by atoms with Crippen molar-refractivity contribution in [1.29, 1.82) is 0 Å². The zero-order valence-electron chi connectivity index (χ0n) is 9.82. The van der Waals surface area contributed by atoms with E-state index in [4.69, 9.17) is 4.42 Å². The Hall–Kier alpha value is -1.20. The second-order valence-corrected chi connectivity index (χ2v) is 5.55. The van der Waals surface area contributed by atoms with Gasteiger partial charge < -0.3 is 9.73 Å². The van der Waals surface area contributed by atoms with Gasteiger partial charge in [0.05, 0.1) is 6.54 Å². The van der Waals surface area contributed by atoms with E-state index in [0.29, 0.717) is 18.3 Å². The molecule has 0 bridgehead atoms. The van der Waals surface area contributed by atoms with Crippen LogP contribution >= 0.6 is 11.3 Å². The summed E-state index contributed by atoms with van der Waals surface area (Å²) < 4.78 is 5.30. The number of fused-ring (bicyclic) bond motifs is 1. The second-order valence-electron chi connectivity index (χ2n) is 4.33. The lowest BCUT2D eigenvalue weighted by atomic mass is 10.2. The molecule has 0 aliphatic heterocycles. The van der Waals surface area contributed by atoms with Gasteiger partial charge in [-0.25, -0.2) is 0 Å². The van der Waals surface area contributed by atoms with Crippen LogP contribution < -0.4 is 5.32 Å². The zero-order chi connectivity index (χ0) is 11.7. The summed E-state index contributed by atoms with van der Waals surface area (Å²) >= 11 is 1.93. The maximum atomic E-state index is 5.30. The van der Waals surface area contributed by atoms with Crippen molar-refractivity contribution in [3.8, 4) is 0 Å². The molecule has 0 atom stereocenters. The van der Waals surface area contributed by atoms with E-state index in [1.165, 1.54) is 24.1 Å². The minimum Gasteiger partial charge on any atom is -0.424 e. The predicted molar refractivity (Wildman–Crippen MR) is 65.9 cm³/mol. The lowest BCUT2D eigenvalue weighted by molar-refractivity contribution is 0.447. The fourth-order valence-corrected chi connectivity index (χ4v) is 3.41. The molecular formula is C12H15N3OS. The Kier molecular flexibility index (Phi) is 2.94. The summed E-state index contributed by atoms with van der Waals surface area (Å²) in [5.74, 6) is 1.28. The largest absolute Gasteiger partial charge is 0.424 e. The van der Waals surface area contributed by atoms with Crippen molar-refractivity contribution < 1.29 is 4.42 Å². The number of hydrogen-bond acceptors (Lipinski definition) is 5. The minimum atomic E-state index is 0.622. The fourth-order valence-electron chi connectivity index (χ4n) is 2.18. The van der Waals surface area contributed by atoms with Crippen LogP contribution in [0.1, 0.15) is 33.5 Å². The Bertz CT molecular complexity index is 496. The van der Waals surface area contributed by atoms with E-state index < -0.39 is 0 Å². The molecule has 0 aromatic carbocycles. The Labute approximate surface area is 104 Å². The van der Waals surface area contributed by atoms with Crippen molar-refractivity contribution in [2.45, 2.75) is 39.3 Å². The van der Waals surface area contributed by atoms with Gasteiger partial charge in [0.25, 0.3) is 0 Å². The Morgan fingerprint density at radius 1 is 1.35 bits per heavy atom. The number of hydrogen-bond donors (Lipinski definition) is 1. The highest BCUT2D eigenvalue weighted by Crippen LogP contribution is 2.30. The van der Waals surface area contributed by atoms with Crippen molar-refractivity contribution in [1.82, 2.24) is 15.5 Å². The third-order valence-electron chi connectivity index (χ3n) is 2.94. The smallest absolute Gasteiger partial charge is 0.230 e. The van der Waals surface area contributed by atoms with E-state index in [0.717, 1.165) is 6.54 Å². The molecular weight excluding hydrogens is 234 g/mol. The number of aromatic nitrogens is 2. The molecule has 2 aromatic rings. The van der Waals surface area contributed by atoms with Gasteiger partial charge in [0.15, 0.2) is 0 Å². The van der Waals surface area contributed by atoms with E-state index in [1.54, 1.807) is 17.4 Å². The first kappa shape index (κ1) is 10.9. The van der Waals surface area contributed by atoms with Crippen LogP contribution in [0, 0.1) is 6.92 Å². The van der Waals surface area contributed by atoms with Crippen molar-refractivity contribution >= 4 is 11.3 Å². The van der Waals surface area contributed by atoms with Crippen LogP contribution in [-0.2, 0) is 25.9 Å². The molecule has 0 radical (unpaired) electrons. The van der Waals surface area contributed by atoms with Gasteiger partial charge in [0.1, 0.15) is 0 Å². The number of nitrogens with one attached hydrogen (secondary N) is 1. The zero-order valence-corrected chi connectivity index (χ0v) is 10.6. The van der Waals surface area contributed by atoms with Gasteiger partial charge in [-0.1, -0.05) is 0 Å². The van der Waals surface area contributed by atoms with E-state index >= 15 is 0 Å². The average Bonchev–Trinajstić information content (AvgIpc) is 2.94. The Morgan fingerprint density at radius 2 is 2.29 bits per heavy atom. The van der Waals surface area contributed by atoms with Gasteiger partial charge in [-0.2, -0.15) is 0 Å². The van der Waals surface area contributed by atoms with E-state index in [9.17, 15) is 0 Å². The van der Waals surface area contributed by atoms with Gasteiger partial charge in [0.2, 0.25) is 11.8 Å². The first-order chi connectivity index (χ1) is 8.31. The topological polar surface area (TPSA) is 51.0 Å². The van der Waals surface area contributed by atoms with Crippen LogP contribution in [0.4, 0.5) is 0 Å². The van der Waals surface area contributed by atoms with Gasteiger partial charge in [-0.15, -0.1) is 21.5 Å². The maximum absolute atomic E-state index is 5.30. The first-order valence-electron chi connectivity index (χ1n) is 5.91. The SMILES string of the molecule is Cc1nnc(CNCc2cc3c(s2)CCC3)o1. The molecule has 0 saturated carbocycles. The highest BCUT2D eigenvalue weighted by Gasteiger charge is 2.14. The quantitative estimate of drug-likeness (QED) is 0.902. The summed E-state index contributed by atoms with van der Waals surface area (Å²) in [6, 6.07) is 2.33. The Morgan fingerprint density at radius 3 is 3.06 bits per heavy atom. The molecule has 0 fully saturated rings. The maximum Gasteiger partial charge on any atom is 0.230 e. The summed E-state index contributed by atoms with van der Waals surface area (Å²) in [5.41, 5.74) is 1.56. The molecule has 0 spiro atoms. The van der Waals surface area contributed by atoms with Crippen molar-refractivity contribution in [3.05, 3.63) is 33.2 Å². The van der Waals surface area contributed by atoms with Crippen LogP contribution in [0.3, 0.4) is 0 Å². The molecule has 0 amide bonds. The third kappa shape index (κ3) is 2.40. The van der Waals surface area contributed by atoms with Crippen molar-refractivity contribution in [2.75, 3.05) is 0 Å². The summed E-state index contributed by atoms with van der Waals surface area (Å²) in [7, 11) is 0. The number of nitrogens with zero attached hydrogens (tertiary/aromatic N) is 2. The number of rotatable bonds is 4. The summed E-state index contributed by atoms with van der Waals surface area (Å²) in [6.45, 7) is 3.34. The van der Waals surface area contributed by atoms with Crippen LogP contribution in [0.25, 0.3) is 0 Å². The van der Waals surface area contributed by atoms with Gasteiger partial charge >= 0.3 is 0 Å². The van der Waals surface area contributed by atoms with E-state index in [2.05, 4.69) is 21.6 Å². The predicted octanol–water partition coefficient (Wildman–Crippen LogP) is 2.22. The summed E-state index contributed by atoms with van der Waals surface area (Å²) in [5, 5.41) is 11.1. The molecule has 3 rings (SSSR count). The second kappa shape index (κ2) is 4.58. The lowest BCUT2D eigenvalue weighted by Gasteiger charge is -1.98. The fraction of sp³-hybridized carbons (Fsp3) is 0.500. The molecule has 1 aliphatic carbocycles. The highest BCUT2D eigenvalue weighted by atomic mass is 32.1. The molecule has 0 unspecified atom stereocenters. The van der Waals surface area contributed by atoms with Crippen LogP contribution in [0.2, 0.25) is 0 Å². The number of aryl methyl sites for hydroxylation is 3. The Balaban J connectivity index is 1.54. The monoisotopic (exact) mass is 249 g/mol. The molecule has 2 aromatic heterocycles. The van der Waals surface area contributed by atoms with Crippen molar-refractivity contribution in [2.24, 2.45) is 0 Å². The molecule has 2 heterocycles. The van der Waals surface area contributed by atoms with Gasteiger partial charge in [-0.3, -0.25) is 0 Å². The standard InChI is InChI=1S/C12H15N3OS/c1-8-14-15-12(16-8)7-13-6-10-5-9-3-2-4-11(9)17-10/h5,13H,2-4,6-7H2,1H3. The van der Waals surface area contributed by atoms with Gasteiger partial charge in [0, 0.05) is 23.2 Å². The number of thiophene rings is 1. The van der Waals surface area contributed by atoms with Gasteiger partial charge in [-0.05, 0) is 30.9 Å². The molecule has 1 N–H and O–H groups in total. The average molecular weight is 249 g/mol. The highest BCUT2D eigenvalue weighted by molar-refractivity contribution is 7.12. The van der Waals surface area contributed by atoms with Crippen molar-refractivity contribution in [3.63, 3.8) is 0 Å². The molecule has 17 heavy (non-hydrogen) atoms. The van der Waals surface area contributed by atoms with Crippen LogP contribution in [0.15, 0.2) is 10.5 Å². The third-order valence-corrected chi connectivity index (χ3v) is 4.18. The minimum absolute atomic E-state index is 0.622. The normalized spacial score (nSPS) is 14.2. The molecule has 5 heteroatoms. The van der Waals surface area contributed by atoms with Crippen LogP contribution in [0.5, 0.6) is 0 Å². The lowest BCUT2D eigenvalue weighted by Crippen LogP contribution is -2.12. The van der Waals surface area contributed by atoms with Crippen LogP contribution in [-0.4, -0.2) is 10.2 Å². The van der Waals surface area contributed by atoms with E-state index in [-0.39, 0.29) is 0 Å². The van der Waals surface area contributed by atoms with E-state index in [1.807, 2.05) is 11.3 Å². The molecule has 0 saturated heterocycles.